The van der Waals surface area contributed by atoms with Gasteiger partial charge in [0, 0.05) is 12.8 Å². The van der Waals surface area contributed by atoms with Crippen molar-refractivity contribution in [3.63, 3.8) is 0 Å². The van der Waals surface area contributed by atoms with Crippen LogP contribution in [0.4, 0.5) is 24.5 Å². The third kappa shape index (κ3) is 4.36. The zero-order chi connectivity index (χ0) is 18.4. The SMILES string of the molecule is CCc1ccc(Nc2c(C(=O)NNCC=N)ccc(F)c2F)c(F)c1. The zero-order valence-corrected chi connectivity index (χ0v) is 13.4. The summed E-state index contributed by atoms with van der Waals surface area (Å²) in [6, 6.07) is 6.22. The quantitative estimate of drug-likeness (QED) is 0.352. The largest absolute Gasteiger partial charge is 0.350 e. The molecule has 8 heteroatoms. The van der Waals surface area contributed by atoms with E-state index < -0.39 is 29.0 Å². The molecule has 0 atom stereocenters. The molecule has 0 bridgehead atoms. The predicted molar refractivity (Wildman–Crippen MR) is 89.7 cm³/mol. The number of aryl methyl sites for hydroxylation is 1. The van der Waals surface area contributed by atoms with Crippen LogP contribution in [0.5, 0.6) is 0 Å². The first-order chi connectivity index (χ1) is 12.0. The number of halogens is 3. The number of carbonyl (C=O) groups excluding carboxylic acids is 1. The molecule has 0 aliphatic heterocycles. The number of nitrogens with one attached hydrogen (secondary N) is 4. The van der Waals surface area contributed by atoms with Crippen LogP contribution in [0.3, 0.4) is 0 Å². The topological polar surface area (TPSA) is 77.0 Å². The van der Waals surface area contributed by atoms with E-state index in [0.29, 0.717) is 6.42 Å². The number of rotatable bonds is 7. The Morgan fingerprint density at radius 3 is 2.56 bits per heavy atom. The standard InChI is InChI=1S/C17H17F3N4O/c1-2-10-3-6-14(13(19)9-10)23-16-11(4-5-12(18)15(16)20)17(25)24-22-8-7-21/h3-7,9,21-23H,2,8H2,1H3,(H,24,25). The average Bonchev–Trinajstić information content (AvgIpc) is 2.60. The summed E-state index contributed by atoms with van der Waals surface area (Å²) >= 11 is 0. The molecule has 0 spiro atoms. The molecule has 0 aliphatic rings. The van der Waals surface area contributed by atoms with E-state index in [1.165, 1.54) is 12.1 Å². The third-order valence-electron chi connectivity index (χ3n) is 3.45. The van der Waals surface area contributed by atoms with Gasteiger partial charge in [-0.3, -0.25) is 10.2 Å². The molecule has 4 N–H and O–H groups in total. The van der Waals surface area contributed by atoms with Crippen LogP contribution in [0, 0.1) is 22.9 Å². The summed E-state index contributed by atoms with van der Waals surface area (Å²) in [4.78, 5) is 12.1. The van der Waals surface area contributed by atoms with Gasteiger partial charge in [0.05, 0.1) is 16.9 Å². The first-order valence-corrected chi connectivity index (χ1v) is 7.53. The number of hydrogen-bond donors (Lipinski definition) is 4. The normalized spacial score (nSPS) is 10.4. The molecule has 1 amide bonds. The van der Waals surface area contributed by atoms with Gasteiger partial charge in [-0.15, -0.1) is 0 Å². The molecule has 0 unspecified atom stereocenters. The minimum Gasteiger partial charge on any atom is -0.350 e. The van der Waals surface area contributed by atoms with Gasteiger partial charge in [0.25, 0.3) is 5.91 Å². The van der Waals surface area contributed by atoms with Gasteiger partial charge in [-0.2, -0.15) is 0 Å². The lowest BCUT2D eigenvalue weighted by atomic mass is 10.1. The Balaban J connectivity index is 2.37. The molecule has 25 heavy (non-hydrogen) atoms. The number of hydrogen-bond acceptors (Lipinski definition) is 4. The molecule has 0 radical (unpaired) electrons. The number of amides is 1. The highest BCUT2D eigenvalue weighted by Crippen LogP contribution is 2.28. The molecular formula is C17H17F3N4O. The molecular weight excluding hydrogens is 333 g/mol. The van der Waals surface area contributed by atoms with Gasteiger partial charge in [0.1, 0.15) is 5.82 Å². The van der Waals surface area contributed by atoms with Crippen LogP contribution < -0.4 is 16.2 Å². The Labute approximate surface area is 142 Å². The molecule has 2 aromatic carbocycles. The van der Waals surface area contributed by atoms with E-state index in [9.17, 15) is 18.0 Å². The molecule has 2 aromatic rings. The van der Waals surface area contributed by atoms with Gasteiger partial charge >= 0.3 is 0 Å². The Morgan fingerprint density at radius 2 is 1.92 bits per heavy atom. The summed E-state index contributed by atoms with van der Waals surface area (Å²) < 4.78 is 41.9. The van der Waals surface area contributed by atoms with Crippen LogP contribution >= 0.6 is 0 Å². The lowest BCUT2D eigenvalue weighted by Crippen LogP contribution is -2.38. The molecule has 0 fully saturated rings. The zero-order valence-electron chi connectivity index (χ0n) is 13.4. The fraction of sp³-hybridized carbons (Fsp3) is 0.176. The second kappa shape index (κ2) is 8.29. The summed E-state index contributed by atoms with van der Waals surface area (Å²) in [6.45, 7) is 1.92. The van der Waals surface area contributed by atoms with Crippen LogP contribution in [0.15, 0.2) is 30.3 Å². The lowest BCUT2D eigenvalue weighted by molar-refractivity contribution is 0.0936. The van der Waals surface area contributed by atoms with Gasteiger partial charge in [-0.25, -0.2) is 18.6 Å². The van der Waals surface area contributed by atoms with E-state index in [-0.39, 0.29) is 17.8 Å². The first-order valence-electron chi connectivity index (χ1n) is 7.53. The van der Waals surface area contributed by atoms with E-state index in [2.05, 4.69) is 16.2 Å². The average molecular weight is 350 g/mol. The van der Waals surface area contributed by atoms with Crippen molar-refractivity contribution in [2.45, 2.75) is 13.3 Å². The summed E-state index contributed by atoms with van der Waals surface area (Å²) in [5, 5.41) is 9.31. The van der Waals surface area contributed by atoms with Crippen LogP contribution in [0.2, 0.25) is 0 Å². The Morgan fingerprint density at radius 1 is 1.16 bits per heavy atom. The molecule has 0 aromatic heterocycles. The molecule has 132 valence electrons. The van der Waals surface area contributed by atoms with E-state index in [1.54, 1.807) is 6.07 Å². The maximum Gasteiger partial charge on any atom is 0.267 e. The van der Waals surface area contributed by atoms with Gasteiger partial charge < -0.3 is 10.7 Å². The van der Waals surface area contributed by atoms with Crippen molar-refractivity contribution in [2.75, 3.05) is 11.9 Å². The molecule has 0 saturated carbocycles. The highest BCUT2D eigenvalue weighted by atomic mass is 19.2. The summed E-state index contributed by atoms with van der Waals surface area (Å²) in [5.41, 5.74) is 4.65. The molecule has 2 rings (SSSR count). The monoisotopic (exact) mass is 350 g/mol. The number of hydrazine groups is 1. The maximum atomic E-state index is 14.2. The van der Waals surface area contributed by atoms with Crippen LogP contribution in [-0.4, -0.2) is 18.7 Å². The van der Waals surface area contributed by atoms with Crippen molar-refractivity contribution in [2.24, 2.45) is 0 Å². The van der Waals surface area contributed by atoms with Crippen LogP contribution in [0.25, 0.3) is 0 Å². The molecule has 0 saturated heterocycles. The van der Waals surface area contributed by atoms with Crippen molar-refractivity contribution in [3.05, 3.63) is 58.9 Å². The van der Waals surface area contributed by atoms with Crippen molar-refractivity contribution in [1.82, 2.24) is 10.9 Å². The second-order valence-corrected chi connectivity index (χ2v) is 5.12. The highest BCUT2D eigenvalue weighted by Gasteiger charge is 2.20. The molecule has 5 nitrogen and oxygen atoms in total. The van der Waals surface area contributed by atoms with E-state index in [0.717, 1.165) is 23.9 Å². The third-order valence-corrected chi connectivity index (χ3v) is 3.45. The van der Waals surface area contributed by atoms with Crippen molar-refractivity contribution in [1.29, 1.82) is 5.41 Å². The van der Waals surface area contributed by atoms with E-state index >= 15 is 0 Å². The van der Waals surface area contributed by atoms with Gasteiger partial charge in [0.15, 0.2) is 11.6 Å². The Hall–Kier alpha value is -2.87. The summed E-state index contributed by atoms with van der Waals surface area (Å²) in [6.07, 6.45) is 1.63. The van der Waals surface area contributed by atoms with Crippen molar-refractivity contribution >= 4 is 23.5 Å². The maximum absolute atomic E-state index is 14.2. The summed E-state index contributed by atoms with van der Waals surface area (Å²) in [5.74, 6) is -3.86. The second-order valence-electron chi connectivity index (χ2n) is 5.12. The Kier molecular flexibility index (Phi) is 6.13. The van der Waals surface area contributed by atoms with Crippen molar-refractivity contribution < 1.29 is 18.0 Å². The predicted octanol–water partition coefficient (Wildman–Crippen LogP) is 3.29. The van der Waals surface area contributed by atoms with Gasteiger partial charge in [0.2, 0.25) is 0 Å². The molecule has 0 heterocycles. The first kappa shape index (κ1) is 18.5. The number of anilines is 2. The van der Waals surface area contributed by atoms with E-state index in [1.807, 2.05) is 6.92 Å². The Bertz CT molecular complexity index is 796. The lowest BCUT2D eigenvalue weighted by Gasteiger charge is -2.14. The minimum atomic E-state index is -1.29. The number of benzene rings is 2. The number of carbonyl (C=O) groups is 1. The highest BCUT2D eigenvalue weighted by molar-refractivity contribution is 6.00. The smallest absolute Gasteiger partial charge is 0.267 e. The van der Waals surface area contributed by atoms with Gasteiger partial charge in [-0.1, -0.05) is 13.0 Å². The minimum absolute atomic E-state index is 0.0608. The van der Waals surface area contributed by atoms with Crippen molar-refractivity contribution in [3.8, 4) is 0 Å². The van der Waals surface area contributed by atoms with Crippen LogP contribution in [0.1, 0.15) is 22.8 Å². The fourth-order valence-electron chi connectivity index (χ4n) is 2.13. The molecule has 0 aliphatic carbocycles. The van der Waals surface area contributed by atoms with E-state index in [4.69, 9.17) is 5.41 Å². The van der Waals surface area contributed by atoms with Crippen LogP contribution in [-0.2, 0) is 6.42 Å². The summed E-state index contributed by atoms with van der Waals surface area (Å²) in [7, 11) is 0. The van der Waals surface area contributed by atoms with Gasteiger partial charge in [-0.05, 0) is 36.2 Å². The fourth-order valence-corrected chi connectivity index (χ4v) is 2.13.